The second-order valence-electron chi connectivity index (χ2n) is 7.47. The van der Waals surface area contributed by atoms with Crippen LogP contribution in [-0.4, -0.2) is 22.0 Å². The molecule has 5 heteroatoms. The van der Waals surface area contributed by atoms with Crippen molar-refractivity contribution in [3.8, 4) is 0 Å². The van der Waals surface area contributed by atoms with Crippen LogP contribution in [0.25, 0.3) is 21.8 Å². The number of nitrogens with zero attached hydrogens (tertiary/aromatic N) is 3. The van der Waals surface area contributed by atoms with Gasteiger partial charge in [-0.05, 0) is 23.6 Å². The van der Waals surface area contributed by atoms with E-state index in [1.807, 2.05) is 47.4 Å². The second kappa shape index (κ2) is 7.16. The molecule has 0 spiro atoms. The van der Waals surface area contributed by atoms with Crippen LogP contribution < -0.4 is 4.90 Å². The van der Waals surface area contributed by atoms with Crippen LogP contribution >= 0.6 is 15.9 Å². The number of allylic oxidation sites excluding steroid dienone is 1. The van der Waals surface area contributed by atoms with Crippen LogP contribution in [0.4, 0.5) is 5.69 Å². The number of para-hydroxylation sites is 2. The van der Waals surface area contributed by atoms with Crippen LogP contribution in [0.3, 0.4) is 0 Å². The smallest absolute Gasteiger partial charge is 0.227 e. The number of carbonyl (C=O) groups excluding carboxylic acids is 1. The highest BCUT2D eigenvalue weighted by atomic mass is 79.9. The number of imidazole rings is 1. The van der Waals surface area contributed by atoms with Gasteiger partial charge in [-0.2, -0.15) is 0 Å². The van der Waals surface area contributed by atoms with E-state index in [1.54, 1.807) is 0 Å². The molecule has 0 radical (unpaired) electrons. The molecule has 0 N–H and O–H groups in total. The molecule has 4 aromatic rings. The van der Waals surface area contributed by atoms with Gasteiger partial charge in [0, 0.05) is 28.8 Å². The molecule has 1 fully saturated rings. The fourth-order valence-corrected chi connectivity index (χ4v) is 4.55. The molecule has 29 heavy (non-hydrogen) atoms. The lowest BCUT2D eigenvalue weighted by atomic mass is 10.1. The maximum absolute atomic E-state index is 13.0. The van der Waals surface area contributed by atoms with Crippen molar-refractivity contribution in [2.75, 3.05) is 11.4 Å². The van der Waals surface area contributed by atoms with Crippen LogP contribution in [0.1, 0.15) is 18.2 Å². The van der Waals surface area contributed by atoms with E-state index in [1.165, 1.54) is 0 Å². The minimum atomic E-state index is 0.0423. The number of anilines is 1. The predicted octanol–water partition coefficient (Wildman–Crippen LogP) is 5.62. The summed E-state index contributed by atoms with van der Waals surface area (Å²) in [5, 5.41) is 2.25. The van der Waals surface area contributed by atoms with E-state index in [0.29, 0.717) is 19.5 Å². The minimum Gasteiger partial charge on any atom is -0.323 e. The van der Waals surface area contributed by atoms with E-state index in [4.69, 9.17) is 4.98 Å². The van der Waals surface area contributed by atoms with Gasteiger partial charge in [-0.1, -0.05) is 71.0 Å². The Morgan fingerprint density at radius 1 is 1.07 bits per heavy atom. The molecule has 0 bridgehead atoms. The second-order valence-corrected chi connectivity index (χ2v) is 8.59. The van der Waals surface area contributed by atoms with Crippen LogP contribution in [0.5, 0.6) is 0 Å². The van der Waals surface area contributed by atoms with Crippen LogP contribution in [0.15, 0.2) is 77.8 Å². The lowest BCUT2D eigenvalue weighted by Crippen LogP contribution is -2.24. The minimum absolute atomic E-state index is 0.0423. The predicted molar refractivity (Wildman–Crippen MR) is 121 cm³/mol. The number of amides is 1. The van der Waals surface area contributed by atoms with Gasteiger partial charge in [-0.3, -0.25) is 4.79 Å². The Morgan fingerprint density at radius 2 is 1.83 bits per heavy atom. The largest absolute Gasteiger partial charge is 0.323 e. The SMILES string of the molecule is C=C(Br)Cn1c(C2CC(=O)N(c3cccc4ccccc34)C2)nc2ccccc21. The number of carbonyl (C=O) groups is 1. The molecule has 1 amide bonds. The molecule has 1 aromatic heterocycles. The standard InChI is InChI=1S/C24H20BrN3O/c1-16(25)14-28-22-11-5-4-10-20(22)26-24(28)18-13-23(29)27(15-18)21-12-6-8-17-7-2-3-9-19(17)21/h2-12,18H,1,13-15H2. The van der Waals surface area contributed by atoms with Crippen LogP contribution in [0, 0.1) is 0 Å². The molecule has 1 unspecified atom stereocenters. The third-order valence-corrected chi connectivity index (χ3v) is 5.81. The molecule has 3 aromatic carbocycles. The molecule has 4 nitrogen and oxygen atoms in total. The fourth-order valence-electron chi connectivity index (χ4n) is 4.30. The Labute approximate surface area is 177 Å². The Bertz CT molecular complexity index is 1250. The van der Waals surface area contributed by atoms with E-state index >= 15 is 0 Å². The summed E-state index contributed by atoms with van der Waals surface area (Å²) in [5.74, 6) is 1.13. The first-order chi connectivity index (χ1) is 14.1. The first kappa shape index (κ1) is 18.1. The molecule has 1 aliphatic heterocycles. The van der Waals surface area contributed by atoms with Crippen molar-refractivity contribution in [3.63, 3.8) is 0 Å². The van der Waals surface area contributed by atoms with E-state index in [0.717, 1.165) is 37.8 Å². The highest BCUT2D eigenvalue weighted by molar-refractivity contribution is 9.11. The molecule has 144 valence electrons. The number of hydrogen-bond acceptors (Lipinski definition) is 2. The van der Waals surface area contributed by atoms with Crippen molar-refractivity contribution in [3.05, 3.63) is 83.6 Å². The summed E-state index contributed by atoms with van der Waals surface area (Å²) in [6, 6.07) is 22.4. The molecule has 5 rings (SSSR count). The number of benzene rings is 3. The summed E-state index contributed by atoms with van der Waals surface area (Å²) in [6.45, 7) is 5.27. The van der Waals surface area contributed by atoms with Gasteiger partial charge in [0.15, 0.2) is 0 Å². The average Bonchev–Trinajstić information content (AvgIpc) is 3.28. The Kier molecular flexibility index (Phi) is 4.47. The summed E-state index contributed by atoms with van der Waals surface area (Å²) in [7, 11) is 0. The molecule has 2 heterocycles. The van der Waals surface area contributed by atoms with E-state index in [2.05, 4.69) is 51.3 Å². The molecule has 1 atom stereocenters. The quantitative estimate of drug-likeness (QED) is 0.408. The van der Waals surface area contributed by atoms with Crippen molar-refractivity contribution in [1.29, 1.82) is 0 Å². The highest BCUT2D eigenvalue weighted by Gasteiger charge is 2.35. The third kappa shape index (κ3) is 3.15. The van der Waals surface area contributed by atoms with Gasteiger partial charge in [-0.25, -0.2) is 4.98 Å². The number of rotatable bonds is 4. The molecule has 1 saturated heterocycles. The van der Waals surface area contributed by atoms with E-state index in [9.17, 15) is 4.79 Å². The summed E-state index contributed by atoms with van der Waals surface area (Å²) in [5.41, 5.74) is 3.00. The Balaban J connectivity index is 1.56. The zero-order chi connectivity index (χ0) is 20.0. The normalized spacial score (nSPS) is 16.8. The zero-order valence-corrected chi connectivity index (χ0v) is 17.5. The van der Waals surface area contributed by atoms with E-state index < -0.39 is 0 Å². The Morgan fingerprint density at radius 3 is 2.69 bits per heavy atom. The molecule has 0 aliphatic carbocycles. The van der Waals surface area contributed by atoms with Crippen molar-refractivity contribution >= 4 is 49.3 Å². The monoisotopic (exact) mass is 445 g/mol. The summed E-state index contributed by atoms with van der Waals surface area (Å²) >= 11 is 3.49. The highest BCUT2D eigenvalue weighted by Crippen LogP contribution is 2.36. The average molecular weight is 446 g/mol. The van der Waals surface area contributed by atoms with Crippen molar-refractivity contribution in [2.45, 2.75) is 18.9 Å². The molecule has 0 saturated carbocycles. The maximum Gasteiger partial charge on any atom is 0.227 e. The number of hydrogen-bond donors (Lipinski definition) is 0. The maximum atomic E-state index is 13.0. The number of aromatic nitrogens is 2. The van der Waals surface area contributed by atoms with Crippen molar-refractivity contribution in [1.82, 2.24) is 9.55 Å². The first-order valence-electron chi connectivity index (χ1n) is 9.68. The summed E-state index contributed by atoms with van der Waals surface area (Å²) < 4.78 is 3.06. The van der Waals surface area contributed by atoms with Gasteiger partial charge in [-0.15, -0.1) is 0 Å². The first-order valence-corrected chi connectivity index (χ1v) is 10.5. The van der Waals surface area contributed by atoms with Gasteiger partial charge in [0.2, 0.25) is 5.91 Å². The molecule has 1 aliphatic rings. The lowest BCUT2D eigenvalue weighted by Gasteiger charge is -2.19. The molecular weight excluding hydrogens is 426 g/mol. The topological polar surface area (TPSA) is 38.1 Å². The van der Waals surface area contributed by atoms with Gasteiger partial charge in [0.1, 0.15) is 5.82 Å². The van der Waals surface area contributed by atoms with Crippen LogP contribution in [0.2, 0.25) is 0 Å². The fraction of sp³-hybridized carbons (Fsp3) is 0.167. The van der Waals surface area contributed by atoms with Crippen LogP contribution in [-0.2, 0) is 11.3 Å². The van der Waals surface area contributed by atoms with Crippen molar-refractivity contribution in [2.24, 2.45) is 0 Å². The van der Waals surface area contributed by atoms with Crippen molar-refractivity contribution < 1.29 is 4.79 Å². The third-order valence-electron chi connectivity index (χ3n) is 5.56. The van der Waals surface area contributed by atoms with Gasteiger partial charge in [0.25, 0.3) is 0 Å². The lowest BCUT2D eigenvalue weighted by molar-refractivity contribution is -0.117. The Hall–Kier alpha value is -2.92. The van der Waals surface area contributed by atoms with Gasteiger partial charge < -0.3 is 9.47 Å². The summed E-state index contributed by atoms with van der Waals surface area (Å²) in [6.07, 6.45) is 0.460. The number of halogens is 1. The molecular formula is C24H20BrN3O. The number of fused-ring (bicyclic) bond motifs is 2. The van der Waals surface area contributed by atoms with Gasteiger partial charge in [0.05, 0.1) is 23.3 Å². The summed E-state index contributed by atoms with van der Waals surface area (Å²) in [4.78, 5) is 19.8. The van der Waals surface area contributed by atoms with Gasteiger partial charge >= 0.3 is 0 Å². The van der Waals surface area contributed by atoms with E-state index in [-0.39, 0.29) is 11.8 Å². The zero-order valence-electron chi connectivity index (χ0n) is 15.9.